The van der Waals surface area contributed by atoms with E-state index >= 15 is 0 Å². The van der Waals surface area contributed by atoms with E-state index in [1.807, 2.05) is 0 Å². The zero-order valence-electron chi connectivity index (χ0n) is 15.0. The van der Waals surface area contributed by atoms with Crippen molar-refractivity contribution in [3.63, 3.8) is 0 Å². The maximum atomic E-state index is 14.2. The summed E-state index contributed by atoms with van der Waals surface area (Å²) in [6.07, 6.45) is 2.88. The molecular weight excluding hydrogens is 380 g/mol. The molecule has 0 aliphatic rings. The molecule has 6 nitrogen and oxygen atoms in total. The Morgan fingerprint density at radius 1 is 1.10 bits per heavy atom. The molecular formula is C21H15F2N3O3. The Morgan fingerprint density at radius 3 is 2.52 bits per heavy atom. The summed E-state index contributed by atoms with van der Waals surface area (Å²) in [7, 11) is 0. The topological polar surface area (TPSA) is 77.1 Å². The summed E-state index contributed by atoms with van der Waals surface area (Å²) < 4.78 is 30.0. The van der Waals surface area contributed by atoms with E-state index < -0.39 is 29.5 Å². The van der Waals surface area contributed by atoms with Crippen molar-refractivity contribution in [1.82, 2.24) is 14.3 Å². The fourth-order valence-electron chi connectivity index (χ4n) is 3.21. The second-order valence-electron chi connectivity index (χ2n) is 6.49. The smallest absolute Gasteiger partial charge is 0.341 e. The first kappa shape index (κ1) is 18.5. The third-order valence-electron chi connectivity index (χ3n) is 4.62. The number of nitrogens with zero attached hydrogens (tertiary/aromatic N) is 3. The Balaban J connectivity index is 1.74. The minimum Gasteiger partial charge on any atom is -0.477 e. The molecule has 146 valence electrons. The van der Waals surface area contributed by atoms with Gasteiger partial charge in [-0.1, -0.05) is 18.2 Å². The number of halogens is 2. The number of pyridine rings is 1. The summed E-state index contributed by atoms with van der Waals surface area (Å²) in [5.74, 6) is -2.17. The van der Waals surface area contributed by atoms with Crippen molar-refractivity contribution >= 4 is 16.9 Å². The molecule has 2 aromatic carbocycles. The molecule has 4 rings (SSSR count). The van der Waals surface area contributed by atoms with Gasteiger partial charge in [0.2, 0.25) is 5.43 Å². The highest BCUT2D eigenvalue weighted by molar-refractivity contribution is 5.92. The molecule has 0 aliphatic carbocycles. The third-order valence-corrected chi connectivity index (χ3v) is 4.62. The van der Waals surface area contributed by atoms with Crippen LogP contribution >= 0.6 is 0 Å². The summed E-state index contributed by atoms with van der Waals surface area (Å²) in [6.45, 7) is -0.414. The summed E-state index contributed by atoms with van der Waals surface area (Å²) >= 11 is 0. The van der Waals surface area contributed by atoms with Crippen molar-refractivity contribution in [1.29, 1.82) is 0 Å². The molecule has 0 radical (unpaired) electrons. The number of fused-ring (bicyclic) bond motifs is 1. The molecule has 0 aliphatic heterocycles. The van der Waals surface area contributed by atoms with E-state index in [9.17, 15) is 23.5 Å². The van der Waals surface area contributed by atoms with Gasteiger partial charge in [-0.25, -0.2) is 18.3 Å². The standard InChI is InChI=1S/C21H15F2N3O3/c22-10-14-8-9-26(24-14)15-6-4-13(5-7-15)11-25-12-16(21(28)29)20(27)19-17(23)2-1-3-18(19)25/h1-9,12H,10-11H2,(H,28,29). The van der Waals surface area contributed by atoms with Crippen LogP contribution in [0.5, 0.6) is 0 Å². The summed E-state index contributed by atoms with van der Waals surface area (Å²) in [5.41, 5.74) is 0.836. The van der Waals surface area contributed by atoms with E-state index in [1.165, 1.54) is 16.8 Å². The van der Waals surface area contributed by atoms with Gasteiger partial charge in [0.1, 0.15) is 18.1 Å². The van der Waals surface area contributed by atoms with Crippen molar-refractivity contribution in [3.05, 3.63) is 93.8 Å². The number of alkyl halides is 1. The molecule has 0 atom stereocenters. The van der Waals surface area contributed by atoms with Gasteiger partial charge < -0.3 is 9.67 Å². The molecule has 0 unspecified atom stereocenters. The number of benzene rings is 2. The summed E-state index contributed by atoms with van der Waals surface area (Å²) in [4.78, 5) is 23.8. The van der Waals surface area contributed by atoms with Crippen LogP contribution in [0.3, 0.4) is 0 Å². The second kappa shape index (κ2) is 7.31. The van der Waals surface area contributed by atoms with Crippen molar-refractivity contribution in [3.8, 4) is 5.69 Å². The van der Waals surface area contributed by atoms with Gasteiger partial charge in [-0.05, 0) is 35.9 Å². The highest BCUT2D eigenvalue weighted by Crippen LogP contribution is 2.18. The lowest BCUT2D eigenvalue weighted by molar-refractivity contribution is 0.0695. The predicted octanol–water partition coefficient (Wildman–Crippen LogP) is 3.54. The van der Waals surface area contributed by atoms with Crippen LogP contribution in [0.4, 0.5) is 8.78 Å². The summed E-state index contributed by atoms with van der Waals surface area (Å²) in [6, 6.07) is 12.9. The first-order valence-corrected chi connectivity index (χ1v) is 8.72. The lowest BCUT2D eigenvalue weighted by atomic mass is 10.1. The molecule has 0 saturated carbocycles. The Hall–Kier alpha value is -3.81. The van der Waals surface area contributed by atoms with Gasteiger partial charge in [0.05, 0.1) is 22.3 Å². The van der Waals surface area contributed by atoms with Gasteiger partial charge in [0.15, 0.2) is 0 Å². The average Bonchev–Trinajstić information content (AvgIpc) is 3.19. The molecule has 2 heterocycles. The fourth-order valence-corrected chi connectivity index (χ4v) is 3.21. The highest BCUT2D eigenvalue weighted by atomic mass is 19.1. The molecule has 8 heteroatoms. The lowest BCUT2D eigenvalue weighted by Gasteiger charge is -2.13. The van der Waals surface area contributed by atoms with Gasteiger partial charge >= 0.3 is 5.97 Å². The molecule has 0 bridgehead atoms. The first-order chi connectivity index (χ1) is 14.0. The van der Waals surface area contributed by atoms with Crippen LogP contribution in [0.1, 0.15) is 21.6 Å². The lowest BCUT2D eigenvalue weighted by Crippen LogP contribution is -2.20. The number of rotatable bonds is 5. The SMILES string of the molecule is O=C(O)c1cn(Cc2ccc(-n3ccc(CF)n3)cc2)c2cccc(F)c2c1=O. The number of hydrogen-bond acceptors (Lipinski definition) is 3. The van der Waals surface area contributed by atoms with E-state index in [0.29, 0.717) is 11.2 Å². The molecule has 0 spiro atoms. The van der Waals surface area contributed by atoms with Gasteiger partial charge in [0, 0.05) is 18.9 Å². The molecule has 1 N–H and O–H groups in total. The van der Waals surface area contributed by atoms with Crippen LogP contribution < -0.4 is 5.43 Å². The first-order valence-electron chi connectivity index (χ1n) is 8.72. The molecule has 0 amide bonds. The van der Waals surface area contributed by atoms with Crippen LogP contribution in [-0.2, 0) is 13.2 Å². The number of hydrogen-bond donors (Lipinski definition) is 1. The Kier molecular flexibility index (Phi) is 4.67. The van der Waals surface area contributed by atoms with Gasteiger partial charge in [0.25, 0.3) is 0 Å². The normalized spacial score (nSPS) is 11.1. The maximum absolute atomic E-state index is 14.2. The minimum atomic E-state index is -1.41. The van der Waals surface area contributed by atoms with Crippen LogP contribution in [-0.4, -0.2) is 25.4 Å². The average molecular weight is 395 g/mol. The third kappa shape index (κ3) is 3.40. The zero-order valence-corrected chi connectivity index (χ0v) is 15.0. The monoisotopic (exact) mass is 395 g/mol. The number of carbonyl (C=O) groups is 1. The van der Waals surface area contributed by atoms with Crippen molar-refractivity contribution < 1.29 is 18.7 Å². The molecule has 29 heavy (non-hydrogen) atoms. The number of aromatic carboxylic acids is 1. The van der Waals surface area contributed by atoms with E-state index in [4.69, 9.17) is 0 Å². The fraction of sp³-hybridized carbons (Fsp3) is 0.0952. The van der Waals surface area contributed by atoms with Crippen LogP contribution in [0.25, 0.3) is 16.6 Å². The Morgan fingerprint density at radius 2 is 1.86 bits per heavy atom. The number of aromatic nitrogens is 3. The van der Waals surface area contributed by atoms with Crippen LogP contribution in [0.15, 0.2) is 65.7 Å². The van der Waals surface area contributed by atoms with Crippen molar-refractivity contribution in [2.24, 2.45) is 0 Å². The maximum Gasteiger partial charge on any atom is 0.341 e. The summed E-state index contributed by atoms with van der Waals surface area (Å²) in [5, 5.41) is 13.2. The van der Waals surface area contributed by atoms with Gasteiger partial charge in [-0.3, -0.25) is 4.79 Å². The van der Waals surface area contributed by atoms with Gasteiger partial charge in [-0.2, -0.15) is 5.10 Å². The van der Waals surface area contributed by atoms with Gasteiger partial charge in [-0.15, -0.1) is 0 Å². The van der Waals surface area contributed by atoms with E-state index in [0.717, 1.165) is 17.3 Å². The van der Waals surface area contributed by atoms with Crippen LogP contribution in [0, 0.1) is 5.82 Å². The zero-order chi connectivity index (χ0) is 20.5. The largest absolute Gasteiger partial charge is 0.477 e. The number of carboxylic acid groups (broad SMARTS) is 1. The minimum absolute atomic E-state index is 0.232. The van der Waals surface area contributed by atoms with E-state index in [-0.39, 0.29) is 11.9 Å². The number of carboxylic acids is 1. The van der Waals surface area contributed by atoms with Crippen molar-refractivity contribution in [2.45, 2.75) is 13.2 Å². The molecule has 2 aromatic heterocycles. The van der Waals surface area contributed by atoms with Crippen molar-refractivity contribution in [2.75, 3.05) is 0 Å². The second-order valence-corrected chi connectivity index (χ2v) is 6.49. The van der Waals surface area contributed by atoms with Crippen LogP contribution in [0.2, 0.25) is 0 Å². The van der Waals surface area contributed by atoms with E-state index in [2.05, 4.69) is 5.10 Å². The van der Waals surface area contributed by atoms with E-state index in [1.54, 1.807) is 47.3 Å². The Bertz CT molecular complexity index is 1280. The molecule has 0 fully saturated rings. The Labute approximate surface area is 163 Å². The highest BCUT2D eigenvalue weighted by Gasteiger charge is 2.17. The molecule has 0 saturated heterocycles. The predicted molar refractivity (Wildman–Crippen MR) is 103 cm³/mol. The quantitative estimate of drug-likeness (QED) is 0.561. The molecule has 4 aromatic rings.